The van der Waals surface area contributed by atoms with E-state index in [1.165, 1.54) is 55.2 Å². The zero-order valence-corrected chi connectivity index (χ0v) is 16.3. The number of benzene rings is 1. The Labute approximate surface area is 162 Å². The van der Waals surface area contributed by atoms with Gasteiger partial charge in [-0.3, -0.25) is 0 Å². The van der Waals surface area contributed by atoms with Crippen LogP contribution in [0.3, 0.4) is 0 Å². The van der Waals surface area contributed by atoms with E-state index in [0.717, 1.165) is 37.1 Å². The second-order valence-corrected chi connectivity index (χ2v) is 8.92. The molecule has 1 aliphatic heterocycles. The summed E-state index contributed by atoms with van der Waals surface area (Å²) in [6.45, 7) is 4.56. The standard InChI is InChI=1S/C23H30N4/c1-16-6-8-18(9-7-16)26-22-25-15-17-14-23(10-12-24-13-11-23)20-5-3-2-4-19(20)21(17)27-22/h2-5,15-16,18,24H,6-14H2,1H3,(H,25,26,27). The number of anilines is 1. The van der Waals surface area contributed by atoms with Crippen LogP contribution in [0, 0.1) is 5.92 Å². The minimum Gasteiger partial charge on any atom is -0.351 e. The van der Waals surface area contributed by atoms with Gasteiger partial charge in [0.25, 0.3) is 0 Å². The fourth-order valence-electron chi connectivity index (χ4n) is 5.39. The quantitative estimate of drug-likeness (QED) is 0.836. The van der Waals surface area contributed by atoms with E-state index < -0.39 is 0 Å². The summed E-state index contributed by atoms with van der Waals surface area (Å²) in [5, 5.41) is 7.15. The Bertz CT molecular complexity index is 817. The van der Waals surface area contributed by atoms with Gasteiger partial charge in [0.05, 0.1) is 5.69 Å². The Morgan fingerprint density at radius 2 is 1.85 bits per heavy atom. The minimum atomic E-state index is 0.257. The second-order valence-electron chi connectivity index (χ2n) is 8.92. The molecule has 1 saturated heterocycles. The molecule has 0 unspecified atom stereocenters. The lowest BCUT2D eigenvalue weighted by Gasteiger charge is -2.42. The lowest BCUT2D eigenvalue weighted by atomic mass is 9.64. The highest BCUT2D eigenvalue weighted by Gasteiger charge is 2.40. The molecule has 1 spiro atoms. The molecule has 4 heteroatoms. The van der Waals surface area contributed by atoms with Crippen molar-refractivity contribution in [3.05, 3.63) is 41.6 Å². The van der Waals surface area contributed by atoms with Gasteiger partial charge in [-0.1, -0.05) is 31.2 Å². The zero-order chi connectivity index (χ0) is 18.3. The highest BCUT2D eigenvalue weighted by Crippen LogP contribution is 2.47. The van der Waals surface area contributed by atoms with Gasteiger partial charge in [-0.2, -0.15) is 0 Å². The van der Waals surface area contributed by atoms with Gasteiger partial charge < -0.3 is 10.6 Å². The number of hydrogen-bond donors (Lipinski definition) is 2. The minimum absolute atomic E-state index is 0.257. The Kier molecular flexibility index (Phi) is 4.39. The van der Waals surface area contributed by atoms with Crippen molar-refractivity contribution in [2.75, 3.05) is 18.4 Å². The first kappa shape index (κ1) is 17.2. The largest absolute Gasteiger partial charge is 0.351 e. The SMILES string of the molecule is CC1CCC(Nc2ncc3c(n2)-c2ccccc2C2(CCNCC2)C3)CC1. The van der Waals surface area contributed by atoms with Crippen LogP contribution in [-0.4, -0.2) is 29.1 Å². The van der Waals surface area contributed by atoms with Crippen LogP contribution in [0.4, 0.5) is 5.95 Å². The van der Waals surface area contributed by atoms with E-state index in [1.54, 1.807) is 0 Å². The molecule has 0 bridgehead atoms. The van der Waals surface area contributed by atoms with Gasteiger partial charge in [-0.15, -0.1) is 0 Å². The molecule has 0 amide bonds. The van der Waals surface area contributed by atoms with Crippen molar-refractivity contribution in [1.82, 2.24) is 15.3 Å². The smallest absolute Gasteiger partial charge is 0.223 e. The molecule has 1 saturated carbocycles. The van der Waals surface area contributed by atoms with E-state index in [4.69, 9.17) is 9.97 Å². The fourth-order valence-corrected chi connectivity index (χ4v) is 5.39. The molecule has 2 N–H and O–H groups in total. The van der Waals surface area contributed by atoms with Crippen molar-refractivity contribution >= 4 is 5.95 Å². The van der Waals surface area contributed by atoms with Gasteiger partial charge in [-0.25, -0.2) is 9.97 Å². The Morgan fingerprint density at radius 1 is 1.07 bits per heavy atom. The third kappa shape index (κ3) is 3.14. The molecular formula is C23H30N4. The number of piperidine rings is 1. The number of nitrogens with zero attached hydrogens (tertiary/aromatic N) is 2. The van der Waals surface area contributed by atoms with Gasteiger partial charge in [0.15, 0.2) is 0 Å². The summed E-state index contributed by atoms with van der Waals surface area (Å²) in [7, 11) is 0. The summed E-state index contributed by atoms with van der Waals surface area (Å²) in [5.74, 6) is 1.67. The van der Waals surface area contributed by atoms with Gasteiger partial charge in [-0.05, 0) is 75.1 Å². The van der Waals surface area contributed by atoms with Crippen molar-refractivity contribution in [3.8, 4) is 11.3 Å². The van der Waals surface area contributed by atoms with Gasteiger partial charge in [0.2, 0.25) is 5.95 Å². The molecule has 2 aromatic rings. The molecule has 2 heterocycles. The van der Waals surface area contributed by atoms with E-state index in [9.17, 15) is 0 Å². The molecule has 5 rings (SSSR count). The van der Waals surface area contributed by atoms with Crippen molar-refractivity contribution < 1.29 is 0 Å². The lowest BCUT2D eigenvalue weighted by molar-refractivity contribution is 0.302. The van der Waals surface area contributed by atoms with Crippen LogP contribution < -0.4 is 10.6 Å². The molecular weight excluding hydrogens is 332 g/mol. The van der Waals surface area contributed by atoms with Crippen LogP contribution in [0.15, 0.2) is 30.5 Å². The molecule has 1 aromatic heterocycles. The predicted molar refractivity (Wildman–Crippen MR) is 110 cm³/mol. The van der Waals surface area contributed by atoms with Gasteiger partial charge >= 0.3 is 0 Å². The maximum atomic E-state index is 5.01. The second kappa shape index (κ2) is 6.90. The number of hydrogen-bond acceptors (Lipinski definition) is 4. The number of rotatable bonds is 2. The summed E-state index contributed by atoms with van der Waals surface area (Å²) in [4.78, 5) is 9.73. The first-order valence-electron chi connectivity index (χ1n) is 10.7. The van der Waals surface area contributed by atoms with Crippen LogP contribution in [0.2, 0.25) is 0 Å². The van der Waals surface area contributed by atoms with Crippen LogP contribution in [0.25, 0.3) is 11.3 Å². The molecule has 2 aliphatic carbocycles. The van der Waals surface area contributed by atoms with Crippen LogP contribution >= 0.6 is 0 Å². The van der Waals surface area contributed by atoms with E-state index in [-0.39, 0.29) is 5.41 Å². The first-order chi connectivity index (χ1) is 13.2. The average Bonchev–Trinajstić information content (AvgIpc) is 2.71. The maximum Gasteiger partial charge on any atom is 0.223 e. The van der Waals surface area contributed by atoms with E-state index in [0.29, 0.717) is 6.04 Å². The Morgan fingerprint density at radius 3 is 2.67 bits per heavy atom. The van der Waals surface area contributed by atoms with Gasteiger partial charge in [0, 0.05) is 23.2 Å². The van der Waals surface area contributed by atoms with Crippen molar-refractivity contribution in [2.24, 2.45) is 5.92 Å². The van der Waals surface area contributed by atoms with Gasteiger partial charge in [0.1, 0.15) is 0 Å². The molecule has 3 aliphatic rings. The van der Waals surface area contributed by atoms with Crippen LogP contribution in [0.5, 0.6) is 0 Å². The summed E-state index contributed by atoms with van der Waals surface area (Å²) in [6.07, 6.45) is 10.6. The van der Waals surface area contributed by atoms with E-state index in [2.05, 4.69) is 48.0 Å². The molecule has 2 fully saturated rings. The van der Waals surface area contributed by atoms with Crippen molar-refractivity contribution in [1.29, 1.82) is 0 Å². The average molecular weight is 363 g/mol. The molecule has 0 atom stereocenters. The number of fused-ring (bicyclic) bond motifs is 4. The first-order valence-corrected chi connectivity index (χ1v) is 10.7. The summed E-state index contributed by atoms with van der Waals surface area (Å²) < 4.78 is 0. The summed E-state index contributed by atoms with van der Waals surface area (Å²) >= 11 is 0. The Hall–Kier alpha value is -1.94. The molecule has 0 radical (unpaired) electrons. The highest BCUT2D eigenvalue weighted by molar-refractivity contribution is 5.72. The zero-order valence-electron chi connectivity index (χ0n) is 16.3. The maximum absolute atomic E-state index is 5.01. The predicted octanol–water partition coefficient (Wildman–Crippen LogP) is 4.31. The lowest BCUT2D eigenvalue weighted by Crippen LogP contribution is -2.43. The summed E-state index contributed by atoms with van der Waals surface area (Å²) in [5.41, 5.74) is 5.54. The molecule has 4 nitrogen and oxygen atoms in total. The number of aromatic nitrogens is 2. The summed E-state index contributed by atoms with van der Waals surface area (Å²) in [6, 6.07) is 9.46. The topological polar surface area (TPSA) is 49.8 Å². The highest BCUT2D eigenvalue weighted by atomic mass is 15.1. The molecule has 1 aromatic carbocycles. The van der Waals surface area contributed by atoms with Crippen LogP contribution in [0.1, 0.15) is 56.6 Å². The normalized spacial score (nSPS) is 26.3. The Balaban J connectivity index is 1.47. The monoisotopic (exact) mass is 362 g/mol. The van der Waals surface area contributed by atoms with Crippen molar-refractivity contribution in [3.63, 3.8) is 0 Å². The molecule has 27 heavy (non-hydrogen) atoms. The van der Waals surface area contributed by atoms with E-state index in [1.807, 2.05) is 0 Å². The van der Waals surface area contributed by atoms with Crippen LogP contribution in [-0.2, 0) is 11.8 Å². The van der Waals surface area contributed by atoms with Crippen molar-refractivity contribution in [2.45, 2.75) is 63.3 Å². The van der Waals surface area contributed by atoms with E-state index >= 15 is 0 Å². The molecule has 142 valence electrons. The number of nitrogens with one attached hydrogen (secondary N) is 2. The fraction of sp³-hybridized carbons (Fsp3) is 0.565. The third-order valence-corrected chi connectivity index (χ3v) is 7.06. The third-order valence-electron chi connectivity index (χ3n) is 7.06.